The van der Waals surface area contributed by atoms with Gasteiger partial charge in [-0.15, -0.1) is 0 Å². The van der Waals surface area contributed by atoms with Crippen LogP contribution in [0, 0.1) is 11.6 Å². The second kappa shape index (κ2) is 7.84. The second-order valence-electron chi connectivity index (χ2n) is 6.84. The molecule has 3 aromatic carbocycles. The van der Waals surface area contributed by atoms with E-state index in [-0.39, 0.29) is 21.9 Å². The van der Waals surface area contributed by atoms with Gasteiger partial charge in [-0.05, 0) is 42.0 Å². The Bertz CT molecular complexity index is 1280. The summed E-state index contributed by atoms with van der Waals surface area (Å²) in [5.41, 5.74) is 1.14. The second-order valence-corrected chi connectivity index (χ2v) is 8.86. The van der Waals surface area contributed by atoms with Gasteiger partial charge in [0.25, 0.3) is 0 Å². The predicted octanol–water partition coefficient (Wildman–Crippen LogP) is 5.28. The highest BCUT2D eigenvalue weighted by Crippen LogP contribution is 2.36. The van der Waals surface area contributed by atoms with E-state index in [9.17, 15) is 17.2 Å². The highest BCUT2D eigenvalue weighted by atomic mass is 32.2. The molecule has 0 atom stereocenters. The van der Waals surface area contributed by atoms with E-state index in [2.05, 4.69) is 4.98 Å². The molecule has 4 rings (SSSR count). The molecule has 0 saturated carbocycles. The Morgan fingerprint density at radius 3 is 2.10 bits per heavy atom. The summed E-state index contributed by atoms with van der Waals surface area (Å²) < 4.78 is 58.3. The summed E-state index contributed by atoms with van der Waals surface area (Å²) in [6.07, 6.45) is 1.44. The number of halogens is 2. The Balaban J connectivity index is 1.85. The van der Waals surface area contributed by atoms with Gasteiger partial charge in [0.2, 0.25) is 0 Å². The maximum absolute atomic E-state index is 14.5. The molecule has 0 spiro atoms. The van der Waals surface area contributed by atoms with Gasteiger partial charge in [-0.3, -0.25) is 0 Å². The first-order valence-corrected chi connectivity index (χ1v) is 11.0. The summed E-state index contributed by atoms with van der Waals surface area (Å²) >= 11 is 0. The van der Waals surface area contributed by atoms with E-state index in [4.69, 9.17) is 4.42 Å². The van der Waals surface area contributed by atoms with Crippen molar-refractivity contribution in [3.05, 3.63) is 95.9 Å². The third kappa shape index (κ3) is 4.02. The van der Waals surface area contributed by atoms with Crippen LogP contribution >= 0.6 is 0 Å². The zero-order valence-electron chi connectivity index (χ0n) is 16.0. The van der Waals surface area contributed by atoms with Crippen molar-refractivity contribution in [3.8, 4) is 22.6 Å². The zero-order chi connectivity index (χ0) is 21.3. The Hall–Kier alpha value is -3.32. The van der Waals surface area contributed by atoms with Gasteiger partial charge in [0.1, 0.15) is 17.3 Å². The number of sulfone groups is 1. The molecule has 1 heterocycles. The molecule has 30 heavy (non-hydrogen) atoms. The molecule has 0 aliphatic heterocycles. The van der Waals surface area contributed by atoms with Crippen molar-refractivity contribution in [2.75, 3.05) is 6.26 Å². The summed E-state index contributed by atoms with van der Waals surface area (Å²) in [5.74, 6) is -1.06. The summed E-state index contributed by atoms with van der Waals surface area (Å²) in [4.78, 5) is 4.51. The molecule has 0 radical (unpaired) electrons. The minimum absolute atomic E-state index is 0.0311. The van der Waals surface area contributed by atoms with Crippen molar-refractivity contribution >= 4 is 9.84 Å². The summed E-state index contributed by atoms with van der Waals surface area (Å²) in [7, 11) is -3.38. The number of rotatable bonds is 5. The molecule has 4 nitrogen and oxygen atoms in total. The van der Waals surface area contributed by atoms with Crippen molar-refractivity contribution in [2.24, 2.45) is 0 Å². The number of aromatic nitrogens is 1. The average Bonchev–Trinajstić information content (AvgIpc) is 3.11. The van der Waals surface area contributed by atoms with Gasteiger partial charge in [0.05, 0.1) is 10.5 Å². The smallest absolute Gasteiger partial charge is 0.199 e. The minimum Gasteiger partial charge on any atom is -0.440 e. The van der Waals surface area contributed by atoms with Crippen LogP contribution in [-0.2, 0) is 16.3 Å². The highest BCUT2D eigenvalue weighted by molar-refractivity contribution is 7.90. The van der Waals surface area contributed by atoms with Crippen molar-refractivity contribution in [1.29, 1.82) is 0 Å². The molecule has 1 aromatic heterocycles. The number of benzene rings is 3. The van der Waals surface area contributed by atoms with Gasteiger partial charge in [0, 0.05) is 18.2 Å². The Labute approximate surface area is 172 Å². The Morgan fingerprint density at radius 1 is 0.867 bits per heavy atom. The summed E-state index contributed by atoms with van der Waals surface area (Å²) in [5, 5.41) is 0. The molecule has 0 N–H and O–H groups in total. The molecule has 152 valence electrons. The third-order valence-corrected chi connectivity index (χ3v) is 5.74. The highest BCUT2D eigenvalue weighted by Gasteiger charge is 2.23. The van der Waals surface area contributed by atoms with Gasteiger partial charge in [-0.25, -0.2) is 22.2 Å². The van der Waals surface area contributed by atoms with Crippen LogP contribution in [0.25, 0.3) is 22.6 Å². The average molecular weight is 425 g/mol. The van der Waals surface area contributed by atoms with Crippen LogP contribution in [0.3, 0.4) is 0 Å². The Kier molecular flexibility index (Phi) is 5.22. The SMILES string of the molecule is CS(=O)(=O)c1ccc(-c2oc(Cc3ccccc3)nc2-c2c(F)cccc2F)cc1. The van der Waals surface area contributed by atoms with Crippen LogP contribution in [0.15, 0.2) is 82.1 Å². The lowest BCUT2D eigenvalue weighted by Gasteiger charge is -2.05. The molecular weight excluding hydrogens is 408 g/mol. The molecular formula is C23H17F2NO3S. The van der Waals surface area contributed by atoms with Crippen molar-refractivity contribution in [2.45, 2.75) is 11.3 Å². The Morgan fingerprint density at radius 2 is 1.50 bits per heavy atom. The van der Waals surface area contributed by atoms with E-state index in [1.165, 1.54) is 30.3 Å². The molecule has 0 unspecified atom stereocenters. The van der Waals surface area contributed by atoms with Crippen LogP contribution in [0.2, 0.25) is 0 Å². The van der Waals surface area contributed by atoms with Crippen LogP contribution in [0.4, 0.5) is 8.78 Å². The molecule has 0 amide bonds. The van der Waals surface area contributed by atoms with Crippen LogP contribution in [0.5, 0.6) is 0 Å². The predicted molar refractivity (Wildman–Crippen MR) is 110 cm³/mol. The third-order valence-electron chi connectivity index (χ3n) is 4.61. The van der Waals surface area contributed by atoms with E-state index in [1.54, 1.807) is 0 Å². The van der Waals surface area contributed by atoms with Gasteiger partial charge in [-0.2, -0.15) is 0 Å². The van der Waals surface area contributed by atoms with E-state index in [0.29, 0.717) is 17.9 Å². The minimum atomic E-state index is -3.38. The maximum Gasteiger partial charge on any atom is 0.199 e. The zero-order valence-corrected chi connectivity index (χ0v) is 16.8. The largest absolute Gasteiger partial charge is 0.440 e. The van der Waals surface area contributed by atoms with Gasteiger partial charge in [0.15, 0.2) is 21.5 Å². The molecule has 0 aliphatic carbocycles. The van der Waals surface area contributed by atoms with Crippen LogP contribution < -0.4 is 0 Å². The van der Waals surface area contributed by atoms with E-state index >= 15 is 0 Å². The van der Waals surface area contributed by atoms with E-state index in [1.807, 2.05) is 30.3 Å². The molecule has 4 aromatic rings. The van der Waals surface area contributed by atoms with Crippen molar-refractivity contribution in [1.82, 2.24) is 4.98 Å². The molecule has 0 saturated heterocycles. The topological polar surface area (TPSA) is 60.2 Å². The molecule has 0 bridgehead atoms. The van der Waals surface area contributed by atoms with Crippen LogP contribution in [-0.4, -0.2) is 19.7 Å². The summed E-state index contributed by atoms with van der Waals surface area (Å²) in [6.45, 7) is 0. The number of hydrogen-bond donors (Lipinski definition) is 0. The van der Waals surface area contributed by atoms with Crippen LogP contribution in [0.1, 0.15) is 11.5 Å². The monoisotopic (exact) mass is 425 g/mol. The van der Waals surface area contributed by atoms with E-state index < -0.39 is 21.5 Å². The fraction of sp³-hybridized carbons (Fsp3) is 0.0870. The van der Waals surface area contributed by atoms with Gasteiger partial charge < -0.3 is 4.42 Å². The van der Waals surface area contributed by atoms with Gasteiger partial charge >= 0.3 is 0 Å². The molecule has 0 fully saturated rings. The lowest BCUT2D eigenvalue weighted by Crippen LogP contribution is -1.96. The number of oxazole rings is 1. The van der Waals surface area contributed by atoms with E-state index in [0.717, 1.165) is 24.0 Å². The maximum atomic E-state index is 14.5. The molecule has 0 aliphatic rings. The first-order valence-electron chi connectivity index (χ1n) is 9.11. The fourth-order valence-electron chi connectivity index (χ4n) is 3.15. The molecule has 7 heteroatoms. The quantitative estimate of drug-likeness (QED) is 0.436. The standard InChI is InChI=1S/C23H17F2NO3S/c1-30(27,28)17-12-10-16(11-13-17)23-22(21-18(24)8-5-9-19(21)25)26-20(29-23)14-15-6-3-2-4-7-15/h2-13H,14H2,1H3. The normalized spacial score (nSPS) is 11.6. The van der Waals surface area contributed by atoms with Crippen molar-refractivity contribution in [3.63, 3.8) is 0 Å². The lowest BCUT2D eigenvalue weighted by molar-refractivity contribution is 0.519. The first kappa shape index (κ1) is 20.0. The van der Waals surface area contributed by atoms with Gasteiger partial charge in [-0.1, -0.05) is 36.4 Å². The fourth-order valence-corrected chi connectivity index (χ4v) is 3.78. The summed E-state index contributed by atoms with van der Waals surface area (Å²) in [6, 6.07) is 18.9. The number of hydrogen-bond acceptors (Lipinski definition) is 4. The van der Waals surface area contributed by atoms with Crippen molar-refractivity contribution < 1.29 is 21.6 Å². The lowest BCUT2D eigenvalue weighted by atomic mass is 10.0. The number of nitrogens with zero attached hydrogens (tertiary/aromatic N) is 1. The first-order chi connectivity index (χ1) is 14.3.